The zero-order valence-corrected chi connectivity index (χ0v) is 11.7. The highest BCUT2D eigenvalue weighted by molar-refractivity contribution is 7.89. The van der Waals surface area contributed by atoms with Crippen molar-refractivity contribution < 1.29 is 18.3 Å². The monoisotopic (exact) mass is 310 g/mol. The summed E-state index contributed by atoms with van der Waals surface area (Å²) in [6.45, 7) is 0. The van der Waals surface area contributed by atoms with E-state index < -0.39 is 16.0 Å². The van der Waals surface area contributed by atoms with Crippen molar-refractivity contribution in [3.05, 3.63) is 52.2 Å². The summed E-state index contributed by atoms with van der Waals surface area (Å²) in [5.74, 6) is -1.03. The molecule has 0 fully saturated rings. The molecule has 2 N–H and O–H groups in total. The Bertz CT molecular complexity index is 736. The van der Waals surface area contributed by atoms with E-state index in [0.717, 1.165) is 11.3 Å². The quantitative estimate of drug-likeness (QED) is 0.649. The Morgan fingerprint density at radius 3 is 2.50 bits per heavy atom. The van der Waals surface area contributed by atoms with Crippen molar-refractivity contribution in [2.75, 3.05) is 0 Å². The van der Waals surface area contributed by atoms with Crippen LogP contribution in [0.2, 0.25) is 0 Å². The predicted octanol–water partition coefficient (Wildman–Crippen LogP) is 1.76. The lowest BCUT2D eigenvalue weighted by molar-refractivity contribution is 0.0702. The molecule has 2 rings (SSSR count). The summed E-state index contributed by atoms with van der Waals surface area (Å²) in [4.78, 5) is 13.6. The van der Waals surface area contributed by atoms with Crippen LogP contribution in [0.15, 0.2) is 52.5 Å². The van der Waals surface area contributed by atoms with Crippen molar-refractivity contribution in [1.29, 1.82) is 0 Å². The number of carboxylic acids is 1. The van der Waals surface area contributed by atoms with Gasteiger partial charge in [0.1, 0.15) is 4.88 Å². The van der Waals surface area contributed by atoms with Crippen LogP contribution in [0, 0.1) is 0 Å². The van der Waals surface area contributed by atoms with Crippen LogP contribution in [0.4, 0.5) is 0 Å². The summed E-state index contributed by atoms with van der Waals surface area (Å²) in [5, 5.41) is 12.4. The lowest BCUT2D eigenvalue weighted by Crippen LogP contribution is -2.18. The molecule has 0 atom stereocenters. The van der Waals surface area contributed by atoms with Crippen molar-refractivity contribution in [2.45, 2.75) is 4.90 Å². The molecule has 0 spiro atoms. The zero-order valence-electron chi connectivity index (χ0n) is 10.1. The molecule has 1 aromatic heterocycles. The molecule has 104 valence electrons. The molecule has 0 bridgehead atoms. The van der Waals surface area contributed by atoms with E-state index in [2.05, 4.69) is 9.93 Å². The highest BCUT2D eigenvalue weighted by atomic mass is 32.2. The van der Waals surface area contributed by atoms with Gasteiger partial charge in [0.2, 0.25) is 0 Å². The van der Waals surface area contributed by atoms with Crippen LogP contribution in [0.25, 0.3) is 0 Å². The number of benzene rings is 1. The highest BCUT2D eigenvalue weighted by Crippen LogP contribution is 2.14. The van der Waals surface area contributed by atoms with E-state index in [-0.39, 0.29) is 9.77 Å². The Morgan fingerprint density at radius 1 is 1.20 bits per heavy atom. The Hall–Kier alpha value is -2.19. The van der Waals surface area contributed by atoms with E-state index in [1.165, 1.54) is 24.4 Å². The Balaban J connectivity index is 2.08. The Labute approximate surface area is 119 Å². The molecule has 0 aliphatic heterocycles. The maximum absolute atomic E-state index is 11.8. The molecule has 1 heterocycles. The predicted molar refractivity (Wildman–Crippen MR) is 75.6 cm³/mol. The fourth-order valence-electron chi connectivity index (χ4n) is 1.35. The molecule has 8 heteroatoms. The summed E-state index contributed by atoms with van der Waals surface area (Å²) in [6.07, 6.45) is 1.26. The van der Waals surface area contributed by atoms with Crippen LogP contribution in [0.1, 0.15) is 14.5 Å². The number of rotatable bonds is 5. The average Bonchev–Trinajstić information content (AvgIpc) is 2.89. The van der Waals surface area contributed by atoms with Crippen LogP contribution in [0.5, 0.6) is 0 Å². The Kier molecular flexibility index (Phi) is 4.16. The first-order valence-corrected chi connectivity index (χ1v) is 7.72. The second-order valence-electron chi connectivity index (χ2n) is 3.67. The molecule has 0 saturated heterocycles. The molecule has 0 radical (unpaired) electrons. The van der Waals surface area contributed by atoms with Crippen molar-refractivity contribution in [1.82, 2.24) is 4.83 Å². The molecule has 0 saturated carbocycles. The number of carboxylic acid groups (broad SMARTS) is 1. The van der Waals surface area contributed by atoms with Gasteiger partial charge < -0.3 is 5.11 Å². The second-order valence-corrected chi connectivity index (χ2v) is 6.45. The van der Waals surface area contributed by atoms with Gasteiger partial charge >= 0.3 is 5.97 Å². The topological polar surface area (TPSA) is 95.8 Å². The van der Waals surface area contributed by atoms with E-state index in [9.17, 15) is 13.2 Å². The van der Waals surface area contributed by atoms with E-state index in [1.807, 2.05) is 0 Å². The average molecular weight is 310 g/mol. The van der Waals surface area contributed by atoms with Crippen molar-refractivity contribution in [3.63, 3.8) is 0 Å². The van der Waals surface area contributed by atoms with Crippen LogP contribution < -0.4 is 4.83 Å². The number of hydrogen-bond acceptors (Lipinski definition) is 5. The zero-order chi connectivity index (χ0) is 14.6. The maximum atomic E-state index is 11.8. The lowest BCUT2D eigenvalue weighted by atomic mass is 10.4. The van der Waals surface area contributed by atoms with Crippen LogP contribution >= 0.6 is 11.3 Å². The minimum atomic E-state index is -3.70. The SMILES string of the molecule is O=C(O)c1ccc(C=NNS(=O)(=O)c2ccccc2)s1. The van der Waals surface area contributed by atoms with Gasteiger partial charge in [-0.15, -0.1) is 11.3 Å². The van der Waals surface area contributed by atoms with Crippen molar-refractivity contribution in [2.24, 2.45) is 5.10 Å². The van der Waals surface area contributed by atoms with Gasteiger partial charge in [-0.2, -0.15) is 13.5 Å². The first-order chi connectivity index (χ1) is 9.49. The van der Waals surface area contributed by atoms with E-state index >= 15 is 0 Å². The molecule has 1 aromatic carbocycles. The van der Waals surface area contributed by atoms with Gasteiger partial charge in [-0.05, 0) is 24.3 Å². The lowest BCUT2D eigenvalue weighted by Gasteiger charge is -2.01. The summed E-state index contributed by atoms with van der Waals surface area (Å²) >= 11 is 1.00. The first kappa shape index (κ1) is 14.2. The largest absolute Gasteiger partial charge is 0.477 e. The number of carbonyl (C=O) groups is 1. The number of nitrogens with one attached hydrogen (secondary N) is 1. The third kappa shape index (κ3) is 3.43. The standard InChI is InChI=1S/C12H10N2O4S2/c15-12(16)11-7-6-9(19-11)8-13-14-20(17,18)10-4-2-1-3-5-10/h1-8,14H,(H,15,16). The van der Waals surface area contributed by atoms with Crippen LogP contribution in [-0.4, -0.2) is 25.7 Å². The fraction of sp³-hybridized carbons (Fsp3) is 0. The van der Waals surface area contributed by atoms with Gasteiger partial charge in [0.15, 0.2) is 0 Å². The van der Waals surface area contributed by atoms with E-state index in [0.29, 0.717) is 4.88 Å². The van der Waals surface area contributed by atoms with Gasteiger partial charge in [0, 0.05) is 4.88 Å². The van der Waals surface area contributed by atoms with Gasteiger partial charge in [0.25, 0.3) is 10.0 Å². The van der Waals surface area contributed by atoms with Crippen LogP contribution in [0.3, 0.4) is 0 Å². The van der Waals surface area contributed by atoms with Gasteiger partial charge in [0.05, 0.1) is 11.1 Å². The molecule has 2 aromatic rings. The fourth-order valence-corrected chi connectivity index (χ4v) is 2.88. The Morgan fingerprint density at radius 2 is 1.90 bits per heavy atom. The smallest absolute Gasteiger partial charge is 0.345 e. The number of aromatic carboxylic acids is 1. The number of nitrogens with zero attached hydrogens (tertiary/aromatic N) is 1. The molecular weight excluding hydrogens is 300 g/mol. The molecular formula is C12H10N2O4S2. The minimum absolute atomic E-state index is 0.106. The number of hydrazone groups is 1. The minimum Gasteiger partial charge on any atom is -0.477 e. The number of thiophene rings is 1. The normalized spacial score (nSPS) is 11.6. The second kappa shape index (κ2) is 5.85. The van der Waals surface area contributed by atoms with Gasteiger partial charge in [-0.25, -0.2) is 9.63 Å². The van der Waals surface area contributed by atoms with Crippen molar-refractivity contribution >= 4 is 33.5 Å². The third-order valence-corrected chi connectivity index (χ3v) is 4.50. The maximum Gasteiger partial charge on any atom is 0.345 e. The summed E-state index contributed by atoms with van der Waals surface area (Å²) in [6, 6.07) is 10.8. The number of hydrogen-bond donors (Lipinski definition) is 2. The molecule has 6 nitrogen and oxygen atoms in total. The molecule has 20 heavy (non-hydrogen) atoms. The van der Waals surface area contributed by atoms with Gasteiger partial charge in [-0.1, -0.05) is 18.2 Å². The molecule has 0 amide bonds. The van der Waals surface area contributed by atoms with Crippen molar-refractivity contribution in [3.8, 4) is 0 Å². The summed E-state index contributed by atoms with van der Waals surface area (Å²) < 4.78 is 23.6. The third-order valence-electron chi connectivity index (χ3n) is 2.26. The van der Waals surface area contributed by atoms with E-state index in [1.54, 1.807) is 24.3 Å². The summed E-state index contributed by atoms with van der Waals surface area (Å²) in [5.41, 5.74) is 0. The molecule has 0 aliphatic carbocycles. The molecule has 0 aliphatic rings. The first-order valence-electron chi connectivity index (χ1n) is 5.42. The van der Waals surface area contributed by atoms with Crippen LogP contribution in [-0.2, 0) is 10.0 Å². The molecule has 0 unspecified atom stereocenters. The highest BCUT2D eigenvalue weighted by Gasteiger charge is 2.11. The number of sulfonamides is 1. The summed E-state index contributed by atoms with van der Waals surface area (Å²) in [7, 11) is -3.70. The van der Waals surface area contributed by atoms with E-state index in [4.69, 9.17) is 5.11 Å². The van der Waals surface area contributed by atoms with Gasteiger partial charge in [-0.3, -0.25) is 0 Å².